The lowest BCUT2D eigenvalue weighted by molar-refractivity contribution is -0.143. The van der Waals surface area contributed by atoms with E-state index in [1.807, 2.05) is 64.8 Å². The van der Waals surface area contributed by atoms with Crippen LogP contribution >= 0.6 is 12.6 Å². The van der Waals surface area contributed by atoms with Crippen LogP contribution in [0.5, 0.6) is 0 Å². The monoisotopic (exact) mass is 1550 g/mol. The number of pyridine rings is 1. The molecule has 0 saturated carbocycles. The van der Waals surface area contributed by atoms with E-state index in [0.29, 0.717) is 54.9 Å². The minimum atomic E-state index is -1.76. The van der Waals surface area contributed by atoms with E-state index < -0.39 is 138 Å². The second-order valence-electron chi connectivity index (χ2n) is 28.4. The molecule has 15 N–H and O–H groups in total. The summed E-state index contributed by atoms with van der Waals surface area (Å²) in [5.74, 6) is -11.8. The molecule has 0 bridgehead atoms. The van der Waals surface area contributed by atoms with Gasteiger partial charge in [0, 0.05) is 140 Å². The SMILES string of the molecule is CC(C)CC(NC(=O)C(CC(N)=O)NC(=O)C(Cc1cccnc1)N(C)C(=O)C(C)NC(=O)CS)C(=O)NC(CCCC(N)=O)C(=O)N(C)C(Cc1ccccc1)C(=O)NC(Cc1cn(C)c2ccccc12)C(=O)NC(CCCCNC(=O)N1CCN(CC(=O)O)CC1)C(=O)NC(Cc1cn(C)c2ccccc12)C(N)=O. The first-order valence-electron chi connectivity index (χ1n) is 36.9. The van der Waals surface area contributed by atoms with Crippen LogP contribution in [-0.2, 0) is 102 Å². The Morgan fingerprint density at radius 1 is 0.532 bits per heavy atom. The van der Waals surface area contributed by atoms with E-state index in [0.717, 1.165) is 31.6 Å². The maximum absolute atomic E-state index is 15.7. The van der Waals surface area contributed by atoms with Crippen molar-refractivity contribution in [2.75, 3.05) is 59.1 Å². The molecule has 6 aromatic rings. The summed E-state index contributed by atoms with van der Waals surface area (Å²) in [4.78, 5) is 204. The highest BCUT2D eigenvalue weighted by atomic mass is 32.1. The topological polar surface area (TPSA) is 469 Å². The van der Waals surface area contributed by atoms with Gasteiger partial charge in [0.25, 0.3) is 0 Å². The Bertz CT molecular complexity index is 4280. The molecule has 9 atom stereocenters. The first-order chi connectivity index (χ1) is 52.8. The van der Waals surface area contributed by atoms with Crippen LogP contribution in [0.3, 0.4) is 0 Å². The summed E-state index contributed by atoms with van der Waals surface area (Å²) in [6.07, 6.45) is 4.98. The van der Waals surface area contributed by atoms with Gasteiger partial charge in [0.2, 0.25) is 70.9 Å². The van der Waals surface area contributed by atoms with Crippen molar-refractivity contribution in [2.45, 2.75) is 152 Å². The van der Waals surface area contributed by atoms with E-state index in [1.165, 1.54) is 33.4 Å². The number of amides is 14. The summed E-state index contributed by atoms with van der Waals surface area (Å²) >= 11 is 3.97. The third-order valence-electron chi connectivity index (χ3n) is 19.4. The molecule has 0 radical (unpaired) electrons. The molecular weight excluding hydrogens is 1450 g/mol. The molecule has 0 aliphatic carbocycles. The Balaban J connectivity index is 1.18. The van der Waals surface area contributed by atoms with E-state index >= 15 is 14.4 Å². The number of likely N-dealkylation sites (N-methyl/N-ethyl adjacent to an activating group) is 2. The summed E-state index contributed by atoms with van der Waals surface area (Å²) in [6.45, 7) is 6.18. The zero-order chi connectivity index (χ0) is 81.2. The molecule has 1 aliphatic rings. The number of carboxylic acids is 1. The van der Waals surface area contributed by atoms with Gasteiger partial charge in [-0.2, -0.15) is 12.6 Å². The molecule has 0 spiro atoms. The first-order valence-corrected chi connectivity index (χ1v) is 37.5. The fourth-order valence-corrected chi connectivity index (χ4v) is 13.6. The number of piperazine rings is 1. The number of fused-ring (bicyclic) bond motifs is 2. The average Bonchev–Trinajstić information content (AvgIpc) is 1.70. The second-order valence-corrected chi connectivity index (χ2v) is 28.7. The number of aryl methyl sites for hydroxylation is 2. The second kappa shape index (κ2) is 42.0. The van der Waals surface area contributed by atoms with Crippen molar-refractivity contribution in [3.63, 3.8) is 0 Å². The van der Waals surface area contributed by atoms with E-state index in [9.17, 15) is 57.8 Å². The van der Waals surface area contributed by atoms with Crippen LogP contribution in [0.4, 0.5) is 4.79 Å². The summed E-state index contributed by atoms with van der Waals surface area (Å²) in [5.41, 5.74) is 21.3. The van der Waals surface area contributed by atoms with Crippen molar-refractivity contribution >= 4 is 117 Å². The molecule has 9 unspecified atom stereocenters. The molecule has 34 heteroatoms. The summed E-state index contributed by atoms with van der Waals surface area (Å²) in [7, 11) is 6.27. The number of nitrogens with one attached hydrogen (secondary N) is 8. The van der Waals surface area contributed by atoms with Gasteiger partial charge in [-0.1, -0.05) is 86.6 Å². The largest absolute Gasteiger partial charge is 0.480 e. The third-order valence-corrected chi connectivity index (χ3v) is 19.7. The molecule has 111 heavy (non-hydrogen) atoms. The maximum Gasteiger partial charge on any atom is 0.317 e. The summed E-state index contributed by atoms with van der Waals surface area (Å²) in [6, 6.07) is 13.2. The zero-order valence-corrected chi connectivity index (χ0v) is 64.5. The standard InChI is InChI=1S/C77H104N18O15S/c1-46(2)35-57(87-72(105)59(40-65(79)97)89-74(107)63(37-49-21-18-29-81-41-49)92(6)75(108)47(3)83-66(98)45-111)70(103)85-55(25-17-28-64(78)96)76(109)93(7)62(36-48-19-9-8-10-20-48)73(106)88-58(39-51-43-91(5)61-27-14-12-23-53(51)61)71(104)84-54(24-15-16-30-82-77(110)95-33-31-94(32-34-95)44-67(99)100)69(102)86-56(68(80)101)38-50-42-90(4)60-26-13-11-22-52(50)60/h8-14,18-23,26-27,29,41-43,46-47,54-59,62-63,111H,15-17,24-25,28,30-40,44-45H2,1-7H3,(H2,78,96)(H2,79,97)(H2,80,101)(H,82,110)(H,83,98)(H,84,104)(H,85,103)(H,86,102)(H,87,105)(H,88,106)(H,89,107)(H,99,100). The number of nitrogens with two attached hydrogens (primary N) is 3. The van der Waals surface area contributed by atoms with Gasteiger partial charge >= 0.3 is 12.0 Å². The number of thiol groups is 1. The van der Waals surface area contributed by atoms with Crippen LogP contribution in [0.1, 0.15) is 94.4 Å². The van der Waals surface area contributed by atoms with Crippen molar-refractivity contribution < 1.29 is 72.2 Å². The van der Waals surface area contributed by atoms with Gasteiger partial charge < -0.3 is 88.7 Å². The van der Waals surface area contributed by atoms with Gasteiger partial charge in [0.05, 0.1) is 18.7 Å². The number of unbranched alkanes of at least 4 members (excludes halogenated alkanes) is 1. The molecule has 7 rings (SSSR count). The zero-order valence-electron chi connectivity index (χ0n) is 63.7. The van der Waals surface area contributed by atoms with Crippen LogP contribution in [-0.4, -0.2) is 235 Å². The van der Waals surface area contributed by atoms with Gasteiger partial charge in [-0.15, -0.1) is 0 Å². The lowest BCUT2D eigenvalue weighted by atomic mass is 9.99. The van der Waals surface area contributed by atoms with E-state index in [4.69, 9.17) is 17.2 Å². The number of carboxylic acid groups (broad SMARTS) is 1. The van der Waals surface area contributed by atoms with Gasteiger partial charge in [-0.05, 0) is 91.8 Å². The fourth-order valence-electron chi connectivity index (χ4n) is 13.5. The average molecular weight is 1550 g/mol. The number of rotatable bonds is 42. The first kappa shape index (κ1) is 86.8. The van der Waals surface area contributed by atoms with Crippen molar-refractivity contribution in [3.05, 3.63) is 138 Å². The molecule has 3 aromatic heterocycles. The molecular formula is C77H104N18O15S. The van der Waals surface area contributed by atoms with Crippen LogP contribution in [0, 0.1) is 5.92 Å². The van der Waals surface area contributed by atoms with E-state index in [-0.39, 0.29) is 95.0 Å². The quantitative estimate of drug-likeness (QED) is 0.0177. The molecule has 14 amide bonds. The Morgan fingerprint density at radius 2 is 1.03 bits per heavy atom. The molecule has 1 aliphatic heterocycles. The van der Waals surface area contributed by atoms with Crippen LogP contribution < -0.4 is 59.7 Å². The maximum atomic E-state index is 15.7. The Hall–Kier alpha value is -11.4. The lowest BCUT2D eigenvalue weighted by Gasteiger charge is -2.33. The number of aliphatic carboxylic acids is 1. The smallest absolute Gasteiger partial charge is 0.317 e. The predicted molar refractivity (Wildman–Crippen MR) is 416 cm³/mol. The predicted octanol–water partition coefficient (Wildman–Crippen LogP) is -0.0226. The minimum Gasteiger partial charge on any atom is -0.480 e. The van der Waals surface area contributed by atoms with Crippen molar-refractivity contribution in [3.8, 4) is 0 Å². The third kappa shape index (κ3) is 25.9. The number of benzene rings is 3. The lowest BCUT2D eigenvalue weighted by Crippen LogP contribution is -2.61. The minimum absolute atomic E-state index is 0.0264. The summed E-state index contributed by atoms with van der Waals surface area (Å²) in [5, 5.41) is 32.6. The highest BCUT2D eigenvalue weighted by Crippen LogP contribution is 2.25. The highest BCUT2D eigenvalue weighted by molar-refractivity contribution is 7.81. The molecule has 1 fully saturated rings. The number of para-hydroxylation sites is 2. The van der Waals surface area contributed by atoms with Gasteiger partial charge in [-0.25, -0.2) is 4.79 Å². The number of primary amides is 3. The molecule has 1 saturated heterocycles. The van der Waals surface area contributed by atoms with Crippen LogP contribution in [0.2, 0.25) is 0 Å². The molecule has 3 aromatic carbocycles. The number of carbonyl (C=O) groups is 14. The van der Waals surface area contributed by atoms with Crippen LogP contribution in [0.25, 0.3) is 21.8 Å². The molecule has 33 nitrogen and oxygen atoms in total. The van der Waals surface area contributed by atoms with Crippen LogP contribution in [0.15, 0.2) is 116 Å². The number of hydrogen-bond donors (Lipinski definition) is 13. The van der Waals surface area contributed by atoms with Crippen molar-refractivity contribution in [2.24, 2.45) is 37.2 Å². The summed E-state index contributed by atoms with van der Waals surface area (Å²) < 4.78 is 3.71. The molecule has 598 valence electrons. The van der Waals surface area contributed by atoms with E-state index in [1.54, 1.807) is 85.4 Å². The highest BCUT2D eigenvalue weighted by Gasteiger charge is 2.40. The number of aromatic nitrogens is 3. The van der Waals surface area contributed by atoms with Gasteiger partial charge in [0.1, 0.15) is 54.4 Å². The van der Waals surface area contributed by atoms with Gasteiger partial charge in [0.15, 0.2) is 0 Å². The van der Waals surface area contributed by atoms with E-state index in [2.05, 4.69) is 60.1 Å². The fraction of sp³-hybridized carbons (Fsp3) is 0.468. The Kier molecular flexibility index (Phi) is 32.8. The van der Waals surface area contributed by atoms with Gasteiger partial charge in [-0.3, -0.25) is 72.2 Å². The van der Waals surface area contributed by atoms with Crippen molar-refractivity contribution in [1.29, 1.82) is 0 Å². The normalized spacial score (nSPS) is 14.7. The molecule has 4 heterocycles. The number of hydrogen-bond acceptors (Lipinski definition) is 17. The van der Waals surface area contributed by atoms with Crippen molar-refractivity contribution in [1.82, 2.24) is 76.3 Å². The Morgan fingerprint density at radius 3 is 1.59 bits per heavy atom. The number of urea groups is 1. The number of nitrogens with zero attached hydrogens (tertiary/aromatic N) is 7. The number of carbonyl (C=O) groups excluding carboxylic acids is 13. The Labute approximate surface area is 649 Å².